The number of quaternary nitrogens is 1. The van der Waals surface area contributed by atoms with E-state index in [1.54, 1.807) is 0 Å². The van der Waals surface area contributed by atoms with Gasteiger partial charge in [0.25, 0.3) is 0 Å². The molecule has 0 unspecified atom stereocenters. The van der Waals surface area contributed by atoms with E-state index in [2.05, 4.69) is 27.4 Å². The fourth-order valence-corrected chi connectivity index (χ4v) is 3.50. The molecule has 136 valence electrons. The number of ether oxygens (including phenoxy) is 1. The van der Waals surface area contributed by atoms with Gasteiger partial charge >= 0.3 is 5.97 Å². The highest BCUT2D eigenvalue weighted by Gasteiger charge is 2.43. The van der Waals surface area contributed by atoms with E-state index >= 15 is 0 Å². The fourth-order valence-electron chi connectivity index (χ4n) is 3.50. The number of hydrogen-bond donors (Lipinski definition) is 0. The van der Waals surface area contributed by atoms with Gasteiger partial charge in [-0.1, -0.05) is 52.0 Å². The Morgan fingerprint density at radius 3 is 1.87 bits per heavy atom. The van der Waals surface area contributed by atoms with Gasteiger partial charge in [-0.25, -0.2) is 4.79 Å². The molecule has 0 aromatic carbocycles. The Bertz CT molecular complexity index is 333. The van der Waals surface area contributed by atoms with E-state index < -0.39 is 5.72 Å². The molecule has 0 heterocycles. The second-order valence-electron chi connectivity index (χ2n) is 7.05. The highest BCUT2D eigenvalue weighted by atomic mass is 16.6. The van der Waals surface area contributed by atoms with Crippen molar-refractivity contribution < 1.29 is 14.0 Å². The third kappa shape index (κ3) is 7.52. The van der Waals surface area contributed by atoms with Gasteiger partial charge in [-0.3, -0.25) is 4.48 Å². The van der Waals surface area contributed by atoms with Crippen molar-refractivity contribution in [2.75, 3.05) is 19.6 Å². The maximum absolute atomic E-state index is 11.7. The zero-order chi connectivity index (χ0) is 17.8. The van der Waals surface area contributed by atoms with E-state index in [4.69, 9.17) is 4.74 Å². The first-order valence-electron chi connectivity index (χ1n) is 9.60. The van der Waals surface area contributed by atoms with E-state index in [0.717, 1.165) is 24.1 Å². The molecule has 0 aliphatic heterocycles. The summed E-state index contributed by atoms with van der Waals surface area (Å²) in [6.45, 7) is 17.2. The van der Waals surface area contributed by atoms with Crippen molar-refractivity contribution in [1.29, 1.82) is 0 Å². The summed E-state index contributed by atoms with van der Waals surface area (Å²) in [5.41, 5.74) is -0.504. The zero-order valence-electron chi connectivity index (χ0n) is 16.3. The minimum absolute atomic E-state index is 0.324. The first-order valence-corrected chi connectivity index (χ1v) is 9.60. The predicted molar refractivity (Wildman–Crippen MR) is 99.2 cm³/mol. The average molecular weight is 327 g/mol. The lowest BCUT2D eigenvalue weighted by Crippen LogP contribution is -2.63. The molecule has 0 atom stereocenters. The van der Waals surface area contributed by atoms with E-state index in [1.807, 2.05) is 13.8 Å². The van der Waals surface area contributed by atoms with Gasteiger partial charge in [0.1, 0.15) is 0 Å². The topological polar surface area (TPSA) is 26.3 Å². The number of esters is 1. The molecule has 0 bridgehead atoms. The molecule has 23 heavy (non-hydrogen) atoms. The van der Waals surface area contributed by atoms with Gasteiger partial charge in [0.15, 0.2) is 0 Å². The Kier molecular flexibility index (Phi) is 11.2. The van der Waals surface area contributed by atoms with Crippen molar-refractivity contribution in [2.24, 2.45) is 0 Å². The van der Waals surface area contributed by atoms with Crippen LogP contribution >= 0.6 is 0 Å². The number of hydrogen-bond acceptors (Lipinski definition) is 2. The number of unbranched alkanes of at least 4 members (excludes halogenated alkanes) is 7. The SMILES string of the molecule is C=CC(=O)OC(C)(C)[N+](CC)(CC)CCCCCCCCCC. The molecule has 0 spiro atoms. The maximum Gasteiger partial charge on any atom is 0.334 e. The van der Waals surface area contributed by atoms with E-state index in [1.165, 1.54) is 57.4 Å². The van der Waals surface area contributed by atoms with Crippen LogP contribution in [0.3, 0.4) is 0 Å². The third-order valence-corrected chi connectivity index (χ3v) is 5.31. The summed E-state index contributed by atoms with van der Waals surface area (Å²) in [5.74, 6) is -0.324. The highest BCUT2D eigenvalue weighted by molar-refractivity contribution is 5.81. The maximum atomic E-state index is 11.7. The minimum atomic E-state index is -0.504. The second-order valence-corrected chi connectivity index (χ2v) is 7.05. The normalized spacial score (nSPS) is 12.2. The van der Waals surface area contributed by atoms with E-state index in [-0.39, 0.29) is 5.97 Å². The van der Waals surface area contributed by atoms with Crippen LogP contribution in [0.2, 0.25) is 0 Å². The molecule has 0 N–H and O–H groups in total. The summed E-state index contributed by atoms with van der Waals surface area (Å²) in [6.07, 6.45) is 11.8. The minimum Gasteiger partial charge on any atom is -0.407 e. The van der Waals surface area contributed by atoms with Crippen LogP contribution in [-0.2, 0) is 9.53 Å². The number of nitrogens with zero attached hydrogens (tertiary/aromatic N) is 1. The molecular weight excluding hydrogens is 286 g/mol. The molecule has 0 aromatic rings. The Morgan fingerprint density at radius 1 is 0.957 bits per heavy atom. The predicted octanol–water partition coefficient (Wildman–Crippen LogP) is 5.45. The summed E-state index contributed by atoms with van der Waals surface area (Å²) in [6, 6.07) is 0. The van der Waals surface area contributed by atoms with Crippen LogP contribution in [0.15, 0.2) is 12.7 Å². The van der Waals surface area contributed by atoms with Gasteiger partial charge in [-0.05, 0) is 26.7 Å². The van der Waals surface area contributed by atoms with Crippen LogP contribution in [-0.4, -0.2) is 35.8 Å². The van der Waals surface area contributed by atoms with Gasteiger partial charge in [0.2, 0.25) is 5.72 Å². The summed E-state index contributed by atoms with van der Waals surface area (Å²) < 4.78 is 6.49. The first kappa shape index (κ1) is 22.2. The van der Waals surface area contributed by atoms with Crippen molar-refractivity contribution in [1.82, 2.24) is 0 Å². The molecular formula is C20H40NO2+. The van der Waals surface area contributed by atoms with Gasteiger partial charge in [-0.2, -0.15) is 0 Å². The largest absolute Gasteiger partial charge is 0.407 e. The molecule has 0 aliphatic carbocycles. The summed E-state index contributed by atoms with van der Waals surface area (Å²) >= 11 is 0. The van der Waals surface area contributed by atoms with Crippen LogP contribution in [0.1, 0.15) is 86.0 Å². The average Bonchev–Trinajstić information content (AvgIpc) is 2.53. The van der Waals surface area contributed by atoms with Crippen LogP contribution < -0.4 is 0 Å². The fraction of sp³-hybridized carbons (Fsp3) is 0.850. The molecule has 3 nitrogen and oxygen atoms in total. The number of rotatable bonds is 14. The molecule has 0 aromatic heterocycles. The second kappa shape index (κ2) is 11.7. The van der Waals surface area contributed by atoms with Crippen molar-refractivity contribution >= 4 is 5.97 Å². The van der Waals surface area contributed by atoms with Crippen molar-refractivity contribution in [3.8, 4) is 0 Å². The molecule has 0 amide bonds. The van der Waals surface area contributed by atoms with Crippen LogP contribution in [0, 0.1) is 0 Å². The molecule has 3 heteroatoms. The molecule has 0 aliphatic rings. The molecule has 0 saturated carbocycles. The van der Waals surface area contributed by atoms with E-state index in [9.17, 15) is 4.79 Å². The Labute approximate surface area is 144 Å². The highest BCUT2D eigenvalue weighted by Crippen LogP contribution is 2.28. The van der Waals surface area contributed by atoms with Crippen LogP contribution in [0.4, 0.5) is 0 Å². The quantitative estimate of drug-likeness (QED) is 0.139. The van der Waals surface area contributed by atoms with Gasteiger partial charge < -0.3 is 4.74 Å². The van der Waals surface area contributed by atoms with Gasteiger partial charge in [0.05, 0.1) is 19.6 Å². The van der Waals surface area contributed by atoms with Crippen LogP contribution in [0.5, 0.6) is 0 Å². The summed E-state index contributed by atoms with van der Waals surface area (Å²) in [5, 5.41) is 0. The zero-order valence-corrected chi connectivity index (χ0v) is 16.3. The van der Waals surface area contributed by atoms with E-state index in [0.29, 0.717) is 0 Å². The standard InChI is InChI=1S/C20H40NO2/c1-7-11-12-13-14-15-16-17-18-21(9-3,10-4)20(5,6)23-19(22)8-2/h8H,2,7,9-18H2,1,3-6H3/q+1. The Hall–Kier alpha value is -0.830. The molecule has 0 rings (SSSR count). The summed E-state index contributed by atoms with van der Waals surface area (Å²) in [7, 11) is 0. The van der Waals surface area contributed by atoms with Crippen molar-refractivity contribution in [3.63, 3.8) is 0 Å². The number of carbonyl (C=O) groups excluding carboxylic acids is 1. The first-order chi connectivity index (χ1) is 10.9. The molecule has 0 radical (unpaired) electrons. The lowest BCUT2D eigenvalue weighted by atomic mass is 10.1. The Balaban J connectivity index is 4.37. The summed E-state index contributed by atoms with van der Waals surface area (Å²) in [4.78, 5) is 11.7. The van der Waals surface area contributed by atoms with Crippen molar-refractivity contribution in [2.45, 2.75) is 91.7 Å². The Morgan fingerprint density at radius 2 is 1.43 bits per heavy atom. The number of carbonyl (C=O) groups is 1. The van der Waals surface area contributed by atoms with Gasteiger partial charge in [-0.15, -0.1) is 0 Å². The smallest absolute Gasteiger partial charge is 0.334 e. The lowest BCUT2D eigenvalue weighted by molar-refractivity contribution is -0.990. The third-order valence-electron chi connectivity index (χ3n) is 5.31. The van der Waals surface area contributed by atoms with Gasteiger partial charge in [0, 0.05) is 19.9 Å². The molecule has 0 fully saturated rings. The van der Waals surface area contributed by atoms with Crippen LogP contribution in [0.25, 0.3) is 0 Å². The lowest BCUT2D eigenvalue weighted by Gasteiger charge is -2.48. The van der Waals surface area contributed by atoms with Crippen molar-refractivity contribution in [3.05, 3.63) is 12.7 Å². The monoisotopic (exact) mass is 326 g/mol. The molecule has 0 saturated heterocycles.